The maximum absolute atomic E-state index is 6.57. The molecule has 0 saturated carbocycles. The minimum absolute atomic E-state index is 0.410. The minimum Gasteiger partial charge on any atom is -0.455 e. The highest BCUT2D eigenvalue weighted by atomic mass is 16.3. The Morgan fingerprint density at radius 2 is 0.725 bits per heavy atom. The monoisotopic (exact) mass is 877 g/mol. The second-order valence-electron chi connectivity index (χ2n) is 18.3. The number of benzene rings is 11. The predicted octanol–water partition coefficient (Wildman–Crippen LogP) is 18.1. The molecule has 0 fully saturated rings. The molecule has 0 bridgehead atoms. The molecule has 1 spiro atoms. The lowest BCUT2D eigenvalue weighted by Crippen LogP contribution is -2.25. The van der Waals surface area contributed by atoms with Crippen molar-refractivity contribution in [1.29, 1.82) is 0 Å². The van der Waals surface area contributed by atoms with Gasteiger partial charge in [0.1, 0.15) is 11.2 Å². The van der Waals surface area contributed by atoms with Crippen LogP contribution in [-0.2, 0) is 5.41 Å². The van der Waals surface area contributed by atoms with E-state index < -0.39 is 5.41 Å². The Labute approximate surface area is 401 Å². The lowest BCUT2D eigenvalue weighted by molar-refractivity contribution is 0.670. The first-order valence-electron chi connectivity index (χ1n) is 23.8. The first-order valence-corrected chi connectivity index (χ1v) is 23.8. The molecule has 1 heterocycles. The Morgan fingerprint density at radius 3 is 1.35 bits per heavy atom. The Hall–Kier alpha value is -8.98. The zero-order valence-corrected chi connectivity index (χ0v) is 37.7. The summed E-state index contributed by atoms with van der Waals surface area (Å²) in [6.45, 7) is 0. The van der Waals surface area contributed by atoms with Gasteiger partial charge in [-0.3, -0.25) is 0 Å². The van der Waals surface area contributed by atoms with Crippen LogP contribution in [-0.4, -0.2) is 0 Å². The van der Waals surface area contributed by atoms with Gasteiger partial charge >= 0.3 is 0 Å². The largest absolute Gasteiger partial charge is 0.455 e. The first kappa shape index (κ1) is 39.2. The average Bonchev–Trinajstić information content (AvgIpc) is 4.06. The van der Waals surface area contributed by atoms with Crippen molar-refractivity contribution in [2.24, 2.45) is 0 Å². The van der Waals surface area contributed by atoms with Gasteiger partial charge in [-0.1, -0.05) is 212 Å². The van der Waals surface area contributed by atoms with E-state index in [0.29, 0.717) is 0 Å². The van der Waals surface area contributed by atoms with Crippen molar-refractivity contribution in [3.63, 3.8) is 0 Å². The number of anilines is 3. The molecular weight excluding hydrogens is 835 g/mol. The summed E-state index contributed by atoms with van der Waals surface area (Å²) in [6.07, 6.45) is 0. The summed E-state index contributed by atoms with van der Waals surface area (Å²) in [5, 5.41) is 2.23. The Kier molecular flexibility index (Phi) is 8.84. The molecule has 1 aromatic heterocycles. The summed E-state index contributed by atoms with van der Waals surface area (Å²) in [5.74, 6) is 0. The number of furan rings is 1. The standard InChI is InChI=1S/C67H43NO/c1-4-17-45(18-5-1)52-38-36-50(42-58(52)47-21-8-3-9-22-47)68(49-34-31-44(32-35-49)48-33-40-65-60(41-48)57-27-16-26-53(66(57)69-65)46-19-6-2-7-20-46)51-37-39-64-59(43-51)56-25-12-15-30-63(56)67(64)61-28-13-10-23-54(61)55-24-11-14-29-62(55)67/h1-43H. The van der Waals surface area contributed by atoms with Gasteiger partial charge in [-0.05, 0) is 132 Å². The summed E-state index contributed by atoms with van der Waals surface area (Å²) < 4.78 is 6.57. The molecule has 12 aromatic rings. The van der Waals surface area contributed by atoms with E-state index in [0.717, 1.165) is 61.3 Å². The summed E-state index contributed by atoms with van der Waals surface area (Å²) in [6, 6.07) is 95.4. The molecule has 2 aliphatic rings. The minimum atomic E-state index is -0.410. The molecule has 2 heteroatoms. The Morgan fingerprint density at radius 1 is 0.261 bits per heavy atom. The fourth-order valence-electron chi connectivity index (χ4n) is 11.7. The van der Waals surface area contributed by atoms with Crippen molar-refractivity contribution in [2.45, 2.75) is 5.41 Å². The molecule has 2 aliphatic carbocycles. The fourth-order valence-corrected chi connectivity index (χ4v) is 11.7. The normalized spacial score (nSPS) is 12.8. The summed E-state index contributed by atoms with van der Waals surface area (Å²) in [5.41, 5.74) is 24.4. The van der Waals surface area contributed by atoms with Crippen LogP contribution in [0.25, 0.3) is 88.7 Å². The van der Waals surface area contributed by atoms with Gasteiger partial charge in [-0.2, -0.15) is 0 Å². The molecule has 0 aliphatic heterocycles. The lowest BCUT2D eigenvalue weighted by Gasteiger charge is -2.31. The highest BCUT2D eigenvalue weighted by Crippen LogP contribution is 2.63. The Bertz CT molecular complexity index is 3900. The van der Waals surface area contributed by atoms with Crippen LogP contribution in [0, 0.1) is 0 Å². The van der Waals surface area contributed by atoms with Crippen molar-refractivity contribution in [1.82, 2.24) is 0 Å². The van der Waals surface area contributed by atoms with Crippen LogP contribution >= 0.6 is 0 Å². The van der Waals surface area contributed by atoms with Crippen LogP contribution in [0.2, 0.25) is 0 Å². The van der Waals surface area contributed by atoms with Crippen molar-refractivity contribution >= 4 is 39.0 Å². The molecule has 0 N–H and O–H groups in total. The summed E-state index contributed by atoms with van der Waals surface area (Å²) in [7, 11) is 0. The van der Waals surface area contributed by atoms with Crippen LogP contribution in [0.1, 0.15) is 22.3 Å². The van der Waals surface area contributed by atoms with Crippen LogP contribution in [0.15, 0.2) is 265 Å². The van der Waals surface area contributed by atoms with Crippen LogP contribution < -0.4 is 4.90 Å². The van der Waals surface area contributed by atoms with Crippen molar-refractivity contribution in [2.75, 3.05) is 4.90 Å². The first-order chi connectivity index (χ1) is 34.2. The molecule has 69 heavy (non-hydrogen) atoms. The number of hydrogen-bond donors (Lipinski definition) is 0. The van der Waals surface area contributed by atoms with E-state index in [-0.39, 0.29) is 0 Å². The fraction of sp³-hybridized carbons (Fsp3) is 0.0149. The number of rotatable bonds is 7. The summed E-state index contributed by atoms with van der Waals surface area (Å²) in [4.78, 5) is 2.44. The van der Waals surface area contributed by atoms with Gasteiger partial charge in [-0.25, -0.2) is 0 Å². The smallest absolute Gasteiger partial charge is 0.143 e. The van der Waals surface area contributed by atoms with Gasteiger partial charge in [-0.15, -0.1) is 0 Å². The highest BCUT2D eigenvalue weighted by Gasteiger charge is 2.51. The predicted molar refractivity (Wildman–Crippen MR) is 286 cm³/mol. The molecule has 0 saturated heterocycles. The van der Waals surface area contributed by atoms with Crippen molar-refractivity contribution in [3.8, 4) is 66.8 Å². The molecule has 0 unspecified atom stereocenters. The van der Waals surface area contributed by atoms with Gasteiger partial charge in [0, 0.05) is 33.4 Å². The van der Waals surface area contributed by atoms with E-state index in [1.165, 1.54) is 66.8 Å². The third-order valence-electron chi connectivity index (χ3n) is 14.7. The third kappa shape index (κ3) is 5.99. The second-order valence-corrected chi connectivity index (χ2v) is 18.3. The van der Waals surface area contributed by atoms with E-state index >= 15 is 0 Å². The van der Waals surface area contributed by atoms with Gasteiger partial charge in [0.25, 0.3) is 0 Å². The van der Waals surface area contributed by atoms with Crippen LogP contribution in [0.3, 0.4) is 0 Å². The Balaban J connectivity index is 0.940. The number of hydrogen-bond acceptors (Lipinski definition) is 2. The number of nitrogens with zero attached hydrogens (tertiary/aromatic N) is 1. The van der Waals surface area contributed by atoms with Crippen molar-refractivity contribution < 1.29 is 4.42 Å². The maximum atomic E-state index is 6.57. The molecule has 322 valence electrons. The highest BCUT2D eigenvalue weighted by molar-refractivity contribution is 6.10. The number of fused-ring (bicyclic) bond motifs is 13. The third-order valence-corrected chi connectivity index (χ3v) is 14.7. The topological polar surface area (TPSA) is 16.4 Å². The zero-order valence-electron chi connectivity index (χ0n) is 37.7. The molecule has 0 radical (unpaired) electrons. The van der Waals surface area contributed by atoms with E-state index in [1.807, 2.05) is 0 Å². The molecular formula is C67H43NO. The molecule has 0 atom stereocenters. The van der Waals surface area contributed by atoms with Gasteiger partial charge in [0.2, 0.25) is 0 Å². The van der Waals surface area contributed by atoms with Gasteiger partial charge < -0.3 is 9.32 Å². The van der Waals surface area contributed by atoms with Crippen LogP contribution in [0.4, 0.5) is 17.1 Å². The van der Waals surface area contributed by atoms with E-state index in [1.54, 1.807) is 0 Å². The quantitative estimate of drug-likeness (QED) is 0.159. The van der Waals surface area contributed by atoms with E-state index in [4.69, 9.17) is 4.42 Å². The molecule has 14 rings (SSSR count). The summed E-state index contributed by atoms with van der Waals surface area (Å²) >= 11 is 0. The average molecular weight is 878 g/mol. The maximum Gasteiger partial charge on any atom is 0.143 e. The van der Waals surface area contributed by atoms with Gasteiger partial charge in [0.05, 0.1) is 5.41 Å². The molecule has 2 nitrogen and oxygen atoms in total. The SMILES string of the molecule is c1ccc(-c2ccc(N(c3ccc(-c4ccc5oc6c(-c7ccccc7)cccc6c5c4)cc3)c3ccc4c(c3)-c3ccccc3C43c4ccccc4-c4ccccc43)cc2-c2ccccc2)cc1. The molecule has 0 amide bonds. The van der Waals surface area contributed by atoms with Gasteiger partial charge in [0.15, 0.2) is 0 Å². The lowest BCUT2D eigenvalue weighted by atomic mass is 9.70. The van der Waals surface area contributed by atoms with E-state index in [2.05, 4.69) is 266 Å². The second kappa shape index (κ2) is 15.6. The zero-order chi connectivity index (χ0) is 45.5. The number of para-hydroxylation sites is 1. The van der Waals surface area contributed by atoms with E-state index in [9.17, 15) is 0 Å². The van der Waals surface area contributed by atoms with Crippen LogP contribution in [0.5, 0.6) is 0 Å². The van der Waals surface area contributed by atoms with Crippen molar-refractivity contribution in [3.05, 3.63) is 283 Å². The molecule has 11 aromatic carbocycles.